The summed E-state index contributed by atoms with van der Waals surface area (Å²) < 4.78 is 0. The van der Waals surface area contributed by atoms with Gasteiger partial charge in [0.2, 0.25) is 0 Å². The molecule has 0 bridgehead atoms. The van der Waals surface area contributed by atoms with Gasteiger partial charge in [-0.2, -0.15) is 0 Å². The summed E-state index contributed by atoms with van der Waals surface area (Å²) in [6.45, 7) is 4.36. The number of anilines is 1. The molecular weight excluding hydrogens is 342 g/mol. The number of ketones is 1. The highest BCUT2D eigenvalue weighted by atomic mass is 35.5. The average molecular weight is 364 g/mol. The van der Waals surface area contributed by atoms with Gasteiger partial charge in [0.25, 0.3) is 0 Å². The molecule has 0 aromatic heterocycles. The Bertz CT molecular complexity index is 907. The summed E-state index contributed by atoms with van der Waals surface area (Å²) in [7, 11) is 0. The van der Waals surface area contributed by atoms with E-state index in [1.807, 2.05) is 42.5 Å². The predicted octanol–water partition coefficient (Wildman–Crippen LogP) is 6.23. The minimum Gasteiger partial charge on any atom is -0.313 e. The number of benzene rings is 2. The molecule has 0 unspecified atom stereocenters. The van der Waals surface area contributed by atoms with Crippen molar-refractivity contribution in [2.45, 2.75) is 33.1 Å². The zero-order valence-electron chi connectivity index (χ0n) is 15.1. The van der Waals surface area contributed by atoms with E-state index in [0.29, 0.717) is 12.8 Å². The van der Waals surface area contributed by atoms with Crippen LogP contribution in [0.1, 0.15) is 38.7 Å². The molecule has 132 valence electrons. The van der Waals surface area contributed by atoms with E-state index >= 15 is 0 Å². The maximum Gasteiger partial charge on any atom is 0.161 e. The van der Waals surface area contributed by atoms with E-state index in [9.17, 15) is 4.79 Å². The average Bonchev–Trinajstić information content (AvgIpc) is 2.61. The van der Waals surface area contributed by atoms with Crippen LogP contribution in [0, 0.1) is 5.41 Å². The molecular formula is C23H22ClNO. The van der Waals surface area contributed by atoms with Crippen LogP contribution in [-0.2, 0) is 4.79 Å². The number of Topliss-reactive ketones (excluding diaryl/α,β-unsaturated/α-hetero) is 1. The van der Waals surface area contributed by atoms with Gasteiger partial charge < -0.3 is 4.90 Å². The van der Waals surface area contributed by atoms with E-state index in [1.54, 1.807) is 0 Å². The normalized spacial score (nSPS) is 19.3. The van der Waals surface area contributed by atoms with Crippen LogP contribution in [0.3, 0.4) is 0 Å². The monoisotopic (exact) mass is 363 g/mol. The zero-order valence-corrected chi connectivity index (χ0v) is 15.9. The number of nitrogens with zero attached hydrogens (tertiary/aromatic N) is 1. The number of carbonyl (C=O) groups excluding carboxylic acids is 1. The highest BCUT2D eigenvalue weighted by Gasteiger charge is 2.37. The van der Waals surface area contributed by atoms with Crippen LogP contribution in [0.4, 0.5) is 5.69 Å². The molecule has 2 aliphatic rings. The lowest BCUT2D eigenvalue weighted by Gasteiger charge is -2.41. The van der Waals surface area contributed by atoms with Crippen molar-refractivity contribution in [2.75, 3.05) is 4.90 Å². The molecule has 2 nitrogen and oxygen atoms in total. The number of rotatable bonds is 2. The van der Waals surface area contributed by atoms with Crippen LogP contribution in [0.25, 0.3) is 5.70 Å². The number of allylic oxidation sites excluding steroid dienone is 3. The second kappa shape index (κ2) is 6.44. The van der Waals surface area contributed by atoms with E-state index in [0.717, 1.165) is 39.7 Å². The lowest BCUT2D eigenvalue weighted by Crippen LogP contribution is -2.35. The molecule has 0 saturated carbocycles. The molecule has 2 aromatic rings. The lowest BCUT2D eigenvalue weighted by atomic mass is 9.73. The van der Waals surface area contributed by atoms with Gasteiger partial charge in [-0.1, -0.05) is 61.9 Å². The van der Waals surface area contributed by atoms with Gasteiger partial charge in [0.05, 0.1) is 0 Å². The summed E-state index contributed by atoms with van der Waals surface area (Å²) in [6.07, 6.45) is 4.39. The fraction of sp³-hybridized carbons (Fsp3) is 0.261. The first-order valence-electron chi connectivity index (χ1n) is 9.01. The van der Waals surface area contributed by atoms with Crippen molar-refractivity contribution in [3.05, 3.63) is 82.5 Å². The summed E-state index contributed by atoms with van der Waals surface area (Å²) in [6, 6.07) is 18.2. The second-order valence-electron chi connectivity index (χ2n) is 7.84. The van der Waals surface area contributed by atoms with Gasteiger partial charge in [0.1, 0.15) is 0 Å². The first-order chi connectivity index (χ1) is 12.4. The first kappa shape index (κ1) is 17.1. The maximum absolute atomic E-state index is 12.8. The van der Waals surface area contributed by atoms with Crippen molar-refractivity contribution in [1.29, 1.82) is 0 Å². The van der Waals surface area contributed by atoms with Crippen molar-refractivity contribution in [3.8, 4) is 0 Å². The molecule has 1 heterocycles. The molecule has 0 spiro atoms. The number of halogens is 1. The van der Waals surface area contributed by atoms with Crippen LogP contribution in [0.2, 0.25) is 5.02 Å². The molecule has 0 saturated heterocycles. The fourth-order valence-corrected chi connectivity index (χ4v) is 4.07. The molecule has 0 radical (unpaired) electrons. The summed E-state index contributed by atoms with van der Waals surface area (Å²) in [5, 5.41) is 0.727. The Morgan fingerprint density at radius 2 is 1.65 bits per heavy atom. The first-order valence-corrected chi connectivity index (χ1v) is 9.39. The minimum atomic E-state index is -0.0224. The highest BCUT2D eigenvalue weighted by molar-refractivity contribution is 6.30. The highest BCUT2D eigenvalue weighted by Crippen LogP contribution is 2.46. The Labute approximate surface area is 159 Å². The van der Waals surface area contributed by atoms with Gasteiger partial charge in [-0.3, -0.25) is 4.79 Å². The Hall–Kier alpha value is -2.32. The number of para-hydroxylation sites is 1. The summed E-state index contributed by atoms with van der Waals surface area (Å²) >= 11 is 6.08. The van der Waals surface area contributed by atoms with Gasteiger partial charge in [0.15, 0.2) is 5.78 Å². The van der Waals surface area contributed by atoms with Gasteiger partial charge in [-0.05, 0) is 48.1 Å². The summed E-state index contributed by atoms with van der Waals surface area (Å²) in [4.78, 5) is 15.0. The maximum atomic E-state index is 12.8. The molecule has 0 atom stereocenters. The van der Waals surface area contributed by atoms with E-state index in [-0.39, 0.29) is 11.2 Å². The Balaban J connectivity index is 1.86. The van der Waals surface area contributed by atoms with Crippen molar-refractivity contribution in [3.63, 3.8) is 0 Å². The SMILES string of the molecule is CC1(C)CC(=O)C2=C(C1)N(c1ccccc1)C(c1ccc(Cl)cc1)=CC2. The summed E-state index contributed by atoms with van der Waals surface area (Å²) in [5.41, 5.74) is 5.41. The molecule has 3 heteroatoms. The molecule has 26 heavy (non-hydrogen) atoms. The van der Waals surface area contributed by atoms with Crippen molar-refractivity contribution < 1.29 is 4.79 Å². The minimum absolute atomic E-state index is 0.0224. The van der Waals surface area contributed by atoms with E-state index < -0.39 is 0 Å². The third-order valence-electron chi connectivity index (χ3n) is 5.13. The topological polar surface area (TPSA) is 20.3 Å². The third-order valence-corrected chi connectivity index (χ3v) is 5.39. The number of carbonyl (C=O) groups is 1. The van der Waals surface area contributed by atoms with Crippen molar-refractivity contribution >= 4 is 28.8 Å². The molecule has 0 N–H and O–H groups in total. The molecule has 1 aliphatic carbocycles. The molecule has 2 aromatic carbocycles. The van der Waals surface area contributed by atoms with Gasteiger partial charge in [0, 0.05) is 34.1 Å². The standard InChI is InChI=1S/C23H22ClNO/c1-23(2)14-21-19(22(26)15-23)12-13-20(16-8-10-17(24)11-9-16)25(21)18-6-4-3-5-7-18/h3-11,13H,12,14-15H2,1-2H3. The van der Waals surface area contributed by atoms with Crippen LogP contribution < -0.4 is 4.90 Å². The number of hydrogen-bond donors (Lipinski definition) is 0. The zero-order chi connectivity index (χ0) is 18.3. The third kappa shape index (κ3) is 3.10. The van der Waals surface area contributed by atoms with E-state index in [2.05, 4.69) is 37.0 Å². The summed E-state index contributed by atoms with van der Waals surface area (Å²) in [5.74, 6) is 0.281. The predicted molar refractivity (Wildman–Crippen MR) is 108 cm³/mol. The largest absolute Gasteiger partial charge is 0.313 e. The van der Waals surface area contributed by atoms with Crippen molar-refractivity contribution in [2.24, 2.45) is 5.41 Å². The van der Waals surface area contributed by atoms with Crippen molar-refractivity contribution in [1.82, 2.24) is 0 Å². The van der Waals surface area contributed by atoms with Crippen LogP contribution in [0.15, 0.2) is 71.9 Å². The van der Waals surface area contributed by atoms with Gasteiger partial charge in [-0.25, -0.2) is 0 Å². The van der Waals surface area contributed by atoms with Crippen LogP contribution in [-0.4, -0.2) is 5.78 Å². The molecule has 4 rings (SSSR count). The van der Waals surface area contributed by atoms with Crippen LogP contribution in [0.5, 0.6) is 0 Å². The van der Waals surface area contributed by atoms with Crippen LogP contribution >= 0.6 is 11.6 Å². The van der Waals surface area contributed by atoms with E-state index in [1.165, 1.54) is 0 Å². The van der Waals surface area contributed by atoms with Gasteiger partial charge >= 0.3 is 0 Å². The Kier molecular flexibility index (Phi) is 4.24. The molecule has 0 fully saturated rings. The Morgan fingerprint density at radius 1 is 0.962 bits per heavy atom. The van der Waals surface area contributed by atoms with E-state index in [4.69, 9.17) is 11.6 Å². The Morgan fingerprint density at radius 3 is 2.35 bits per heavy atom. The molecule has 0 amide bonds. The quantitative estimate of drug-likeness (QED) is 0.629. The lowest BCUT2D eigenvalue weighted by molar-refractivity contribution is -0.118. The molecule has 1 aliphatic heterocycles. The number of hydrogen-bond acceptors (Lipinski definition) is 2. The fourth-order valence-electron chi connectivity index (χ4n) is 3.95. The van der Waals surface area contributed by atoms with Gasteiger partial charge in [-0.15, -0.1) is 0 Å². The second-order valence-corrected chi connectivity index (χ2v) is 8.27. The smallest absolute Gasteiger partial charge is 0.161 e.